The smallest absolute Gasteiger partial charge is 0.0722 e. The summed E-state index contributed by atoms with van der Waals surface area (Å²) in [5.41, 5.74) is 10.7. The molecule has 0 fully saturated rings. The van der Waals surface area contributed by atoms with Crippen LogP contribution in [0.2, 0.25) is 0 Å². The summed E-state index contributed by atoms with van der Waals surface area (Å²) in [4.78, 5) is 7.18. The van der Waals surface area contributed by atoms with Crippen LogP contribution in [0.25, 0.3) is 11.1 Å². The van der Waals surface area contributed by atoms with Gasteiger partial charge in [-0.1, -0.05) is 91.0 Å². The van der Waals surface area contributed by atoms with E-state index < -0.39 is 0 Å². The van der Waals surface area contributed by atoms with Gasteiger partial charge in [-0.05, 0) is 65.6 Å². The van der Waals surface area contributed by atoms with Crippen molar-refractivity contribution >= 4 is 22.8 Å². The standard InChI is InChI=1S/C33H26N2/c1-3-13-29(14-4-1)35(30-15-5-2-6-16-30)31-20-18-25(19-21-31)27-11-9-12-28(24-27)33-32-17-8-7-10-26(32)22-23-34-33/h1-21,24H,22-23H2. The molecule has 1 aliphatic rings. The number of aliphatic imine (C=N–C) groups is 1. The zero-order chi connectivity index (χ0) is 23.5. The van der Waals surface area contributed by atoms with Gasteiger partial charge in [0.25, 0.3) is 0 Å². The van der Waals surface area contributed by atoms with Crippen LogP contribution in [0.4, 0.5) is 17.1 Å². The van der Waals surface area contributed by atoms with Gasteiger partial charge in [-0.25, -0.2) is 0 Å². The summed E-state index contributed by atoms with van der Waals surface area (Å²) in [5, 5.41) is 0. The Labute approximate surface area is 206 Å². The van der Waals surface area contributed by atoms with E-state index in [1.54, 1.807) is 0 Å². The maximum Gasteiger partial charge on any atom is 0.0722 e. The van der Waals surface area contributed by atoms with Gasteiger partial charge < -0.3 is 4.90 Å². The van der Waals surface area contributed by atoms with Crippen LogP contribution in [-0.2, 0) is 6.42 Å². The Morgan fingerprint density at radius 1 is 0.486 bits per heavy atom. The normalized spacial score (nSPS) is 12.5. The molecule has 1 heterocycles. The Balaban J connectivity index is 1.35. The molecule has 0 saturated heterocycles. The zero-order valence-electron chi connectivity index (χ0n) is 19.5. The zero-order valence-corrected chi connectivity index (χ0v) is 19.5. The molecule has 168 valence electrons. The van der Waals surface area contributed by atoms with E-state index in [0.29, 0.717) is 0 Å². The summed E-state index contributed by atoms with van der Waals surface area (Å²) in [7, 11) is 0. The molecule has 0 radical (unpaired) electrons. The minimum atomic E-state index is 0.847. The molecule has 0 amide bonds. The molecule has 0 saturated carbocycles. The van der Waals surface area contributed by atoms with Crippen molar-refractivity contribution in [2.75, 3.05) is 11.4 Å². The average Bonchev–Trinajstić information content (AvgIpc) is 2.94. The monoisotopic (exact) mass is 450 g/mol. The Hall–Kier alpha value is -4.43. The highest BCUT2D eigenvalue weighted by atomic mass is 15.1. The number of hydrogen-bond acceptors (Lipinski definition) is 2. The highest BCUT2D eigenvalue weighted by molar-refractivity contribution is 6.14. The maximum atomic E-state index is 4.89. The molecule has 1 aliphatic heterocycles. The summed E-state index contributed by atoms with van der Waals surface area (Å²) < 4.78 is 0. The number of anilines is 3. The third-order valence-electron chi connectivity index (χ3n) is 6.55. The fourth-order valence-electron chi connectivity index (χ4n) is 4.84. The summed E-state index contributed by atoms with van der Waals surface area (Å²) in [6, 6.07) is 47.2. The Bertz CT molecular complexity index is 1430. The fourth-order valence-corrected chi connectivity index (χ4v) is 4.84. The number of nitrogens with zero attached hydrogens (tertiary/aromatic N) is 2. The molecule has 0 atom stereocenters. The molecule has 5 aromatic carbocycles. The quantitative estimate of drug-likeness (QED) is 0.263. The highest BCUT2D eigenvalue weighted by Gasteiger charge is 2.16. The molecule has 0 bridgehead atoms. The van der Waals surface area contributed by atoms with Crippen LogP contribution >= 0.6 is 0 Å². The molecule has 2 heteroatoms. The van der Waals surface area contributed by atoms with Gasteiger partial charge in [-0.2, -0.15) is 0 Å². The summed E-state index contributed by atoms with van der Waals surface area (Å²) in [6.45, 7) is 0.847. The topological polar surface area (TPSA) is 15.6 Å². The number of hydrogen-bond donors (Lipinski definition) is 0. The summed E-state index contributed by atoms with van der Waals surface area (Å²) >= 11 is 0. The lowest BCUT2D eigenvalue weighted by Crippen LogP contribution is -2.13. The van der Waals surface area contributed by atoms with E-state index in [4.69, 9.17) is 4.99 Å². The summed E-state index contributed by atoms with van der Waals surface area (Å²) in [6.07, 6.45) is 1.01. The SMILES string of the molecule is c1ccc(N(c2ccccc2)c2ccc(-c3cccc(C4=NCCc5ccccc54)c3)cc2)cc1. The van der Waals surface area contributed by atoms with Gasteiger partial charge in [0.05, 0.1) is 5.71 Å². The van der Waals surface area contributed by atoms with Gasteiger partial charge in [-0.3, -0.25) is 4.99 Å². The van der Waals surface area contributed by atoms with Crippen LogP contribution in [0.3, 0.4) is 0 Å². The lowest BCUT2D eigenvalue weighted by molar-refractivity contribution is 0.944. The highest BCUT2D eigenvalue weighted by Crippen LogP contribution is 2.35. The fraction of sp³-hybridized carbons (Fsp3) is 0.0606. The third kappa shape index (κ3) is 4.27. The van der Waals surface area contributed by atoms with Gasteiger partial charge in [0.15, 0.2) is 0 Å². The van der Waals surface area contributed by atoms with E-state index in [9.17, 15) is 0 Å². The number of fused-ring (bicyclic) bond motifs is 1. The van der Waals surface area contributed by atoms with Crippen molar-refractivity contribution in [3.05, 3.63) is 150 Å². The van der Waals surface area contributed by atoms with Crippen molar-refractivity contribution in [2.45, 2.75) is 6.42 Å². The predicted molar refractivity (Wildman–Crippen MR) is 147 cm³/mol. The maximum absolute atomic E-state index is 4.89. The number of rotatable bonds is 5. The first-order valence-electron chi connectivity index (χ1n) is 12.1. The van der Waals surface area contributed by atoms with E-state index in [1.165, 1.54) is 27.8 Å². The molecule has 0 N–H and O–H groups in total. The first kappa shape index (κ1) is 21.1. The predicted octanol–water partition coefficient (Wildman–Crippen LogP) is 8.22. The third-order valence-corrected chi connectivity index (χ3v) is 6.55. The van der Waals surface area contributed by atoms with Crippen LogP contribution in [-0.4, -0.2) is 12.3 Å². The Morgan fingerprint density at radius 2 is 1.09 bits per heavy atom. The van der Waals surface area contributed by atoms with E-state index in [1.807, 2.05) is 0 Å². The second-order valence-electron chi connectivity index (χ2n) is 8.77. The van der Waals surface area contributed by atoms with Crippen molar-refractivity contribution < 1.29 is 0 Å². The molecular weight excluding hydrogens is 424 g/mol. The van der Waals surface area contributed by atoms with Crippen molar-refractivity contribution in [2.24, 2.45) is 4.99 Å². The van der Waals surface area contributed by atoms with E-state index in [-0.39, 0.29) is 0 Å². The van der Waals surface area contributed by atoms with Gasteiger partial charge in [0.2, 0.25) is 0 Å². The number of benzene rings is 5. The van der Waals surface area contributed by atoms with Crippen molar-refractivity contribution in [3.8, 4) is 11.1 Å². The van der Waals surface area contributed by atoms with Crippen LogP contribution < -0.4 is 4.90 Å². The van der Waals surface area contributed by atoms with Gasteiger partial charge in [-0.15, -0.1) is 0 Å². The van der Waals surface area contributed by atoms with E-state index in [2.05, 4.69) is 138 Å². The van der Waals surface area contributed by atoms with E-state index in [0.717, 1.165) is 35.7 Å². The largest absolute Gasteiger partial charge is 0.311 e. The second kappa shape index (κ2) is 9.44. The number of para-hydroxylation sites is 2. The minimum Gasteiger partial charge on any atom is -0.311 e. The molecule has 6 rings (SSSR count). The summed E-state index contributed by atoms with van der Waals surface area (Å²) in [5.74, 6) is 0. The lowest BCUT2D eigenvalue weighted by atomic mass is 9.92. The molecule has 2 nitrogen and oxygen atoms in total. The van der Waals surface area contributed by atoms with Gasteiger partial charge >= 0.3 is 0 Å². The van der Waals surface area contributed by atoms with Crippen molar-refractivity contribution in [1.29, 1.82) is 0 Å². The molecule has 0 unspecified atom stereocenters. The molecular formula is C33H26N2. The van der Waals surface area contributed by atoms with Crippen LogP contribution in [0.15, 0.2) is 138 Å². The van der Waals surface area contributed by atoms with Gasteiger partial charge in [0, 0.05) is 34.7 Å². The average molecular weight is 451 g/mol. The molecule has 0 aromatic heterocycles. The minimum absolute atomic E-state index is 0.847. The molecule has 0 spiro atoms. The van der Waals surface area contributed by atoms with Crippen LogP contribution in [0.5, 0.6) is 0 Å². The Morgan fingerprint density at radius 3 is 1.80 bits per heavy atom. The Kier molecular flexibility index (Phi) is 5.70. The van der Waals surface area contributed by atoms with Gasteiger partial charge in [0.1, 0.15) is 0 Å². The van der Waals surface area contributed by atoms with E-state index >= 15 is 0 Å². The lowest BCUT2D eigenvalue weighted by Gasteiger charge is -2.25. The van der Waals surface area contributed by atoms with Crippen LogP contribution in [0.1, 0.15) is 16.7 Å². The van der Waals surface area contributed by atoms with Crippen molar-refractivity contribution in [1.82, 2.24) is 0 Å². The van der Waals surface area contributed by atoms with Crippen LogP contribution in [0, 0.1) is 0 Å². The molecule has 35 heavy (non-hydrogen) atoms. The molecule has 0 aliphatic carbocycles. The first-order chi connectivity index (χ1) is 17.4. The van der Waals surface area contributed by atoms with Crippen molar-refractivity contribution in [3.63, 3.8) is 0 Å². The second-order valence-corrected chi connectivity index (χ2v) is 8.77. The first-order valence-corrected chi connectivity index (χ1v) is 12.1. The molecule has 5 aromatic rings.